The molecule has 0 aliphatic carbocycles. The first-order valence-corrected chi connectivity index (χ1v) is 5.97. The molecule has 0 fully saturated rings. The van der Waals surface area contributed by atoms with Crippen molar-refractivity contribution in [2.24, 2.45) is 0 Å². The van der Waals surface area contributed by atoms with E-state index in [1.54, 1.807) is 13.8 Å². The molecule has 20 heavy (non-hydrogen) atoms. The number of carbonyl (C=O) groups is 3. The molecule has 1 aromatic heterocycles. The fourth-order valence-corrected chi connectivity index (χ4v) is 1.69. The van der Waals surface area contributed by atoms with Crippen LogP contribution in [-0.4, -0.2) is 39.3 Å². The minimum absolute atomic E-state index is 0.0575. The summed E-state index contributed by atoms with van der Waals surface area (Å²) < 4.78 is 4.90. The fraction of sp³-hybridized carbons (Fsp3) is 0.500. The maximum Gasteiger partial charge on any atom is 0.326 e. The molecule has 0 bridgehead atoms. The van der Waals surface area contributed by atoms with Crippen molar-refractivity contribution in [2.75, 3.05) is 0 Å². The zero-order valence-corrected chi connectivity index (χ0v) is 11.2. The molecular weight excluding hydrogens is 268 g/mol. The van der Waals surface area contributed by atoms with Crippen LogP contribution in [0, 0.1) is 13.8 Å². The second-order valence-corrected chi connectivity index (χ2v) is 4.37. The van der Waals surface area contributed by atoms with Gasteiger partial charge in [0, 0.05) is 12.0 Å². The molecule has 1 rings (SSSR count). The summed E-state index contributed by atoms with van der Waals surface area (Å²) in [6.45, 7) is 3.33. The van der Waals surface area contributed by atoms with Gasteiger partial charge in [0.15, 0.2) is 0 Å². The number of carbonyl (C=O) groups excluding carboxylic acids is 1. The highest BCUT2D eigenvalue weighted by Gasteiger charge is 2.22. The first-order chi connectivity index (χ1) is 9.31. The van der Waals surface area contributed by atoms with Gasteiger partial charge in [-0.15, -0.1) is 0 Å². The average Bonchev–Trinajstić information content (AvgIpc) is 2.65. The normalized spacial score (nSPS) is 11.9. The van der Waals surface area contributed by atoms with Crippen molar-refractivity contribution < 1.29 is 29.1 Å². The highest BCUT2D eigenvalue weighted by atomic mass is 16.5. The number of aliphatic carboxylic acids is 2. The van der Waals surface area contributed by atoms with Gasteiger partial charge in [-0.25, -0.2) is 4.79 Å². The molecule has 1 aromatic rings. The standard InChI is InChI=1S/C12H16N2O6/c1-6-8(7(2)20-14-6)5-10(15)13-9(12(18)19)3-4-11(16)17/h9H,3-5H2,1-2H3,(H,13,15)(H,16,17)(H,18,19). The Balaban J connectivity index is 2.62. The largest absolute Gasteiger partial charge is 0.481 e. The molecule has 0 radical (unpaired) electrons. The number of nitrogens with one attached hydrogen (secondary N) is 1. The lowest BCUT2D eigenvalue weighted by Gasteiger charge is -2.13. The van der Waals surface area contributed by atoms with Gasteiger partial charge in [-0.2, -0.15) is 0 Å². The summed E-state index contributed by atoms with van der Waals surface area (Å²) in [6.07, 6.45) is -0.557. The number of carboxylic acids is 2. The SMILES string of the molecule is Cc1noc(C)c1CC(=O)NC(CCC(=O)O)C(=O)O. The minimum atomic E-state index is -1.27. The van der Waals surface area contributed by atoms with Gasteiger partial charge >= 0.3 is 11.9 Å². The molecule has 1 unspecified atom stereocenters. The number of amides is 1. The Kier molecular flexibility index (Phi) is 5.24. The van der Waals surface area contributed by atoms with Gasteiger partial charge in [0.2, 0.25) is 5.91 Å². The van der Waals surface area contributed by atoms with Gasteiger partial charge in [0.25, 0.3) is 0 Å². The Bertz CT molecular complexity index is 503. The van der Waals surface area contributed by atoms with E-state index in [4.69, 9.17) is 14.7 Å². The molecule has 0 aromatic carbocycles. The number of carboxylic acid groups (broad SMARTS) is 2. The van der Waals surface area contributed by atoms with Crippen molar-refractivity contribution >= 4 is 17.8 Å². The fourth-order valence-electron chi connectivity index (χ4n) is 1.69. The van der Waals surface area contributed by atoms with E-state index in [0.29, 0.717) is 17.0 Å². The topological polar surface area (TPSA) is 130 Å². The van der Waals surface area contributed by atoms with Gasteiger partial charge in [-0.1, -0.05) is 5.16 Å². The molecule has 8 heteroatoms. The van der Waals surface area contributed by atoms with Crippen LogP contribution >= 0.6 is 0 Å². The summed E-state index contributed by atoms with van der Waals surface area (Å²) in [5.41, 5.74) is 1.17. The van der Waals surface area contributed by atoms with E-state index in [9.17, 15) is 14.4 Å². The van der Waals surface area contributed by atoms with Gasteiger partial charge < -0.3 is 20.1 Å². The van der Waals surface area contributed by atoms with Crippen molar-refractivity contribution in [2.45, 2.75) is 39.2 Å². The van der Waals surface area contributed by atoms with Crippen molar-refractivity contribution in [3.8, 4) is 0 Å². The molecule has 1 heterocycles. The number of aryl methyl sites for hydroxylation is 2. The Hall–Kier alpha value is -2.38. The zero-order chi connectivity index (χ0) is 15.3. The maximum absolute atomic E-state index is 11.8. The first kappa shape index (κ1) is 15.7. The van der Waals surface area contributed by atoms with Gasteiger partial charge in [0.1, 0.15) is 11.8 Å². The van der Waals surface area contributed by atoms with Crippen LogP contribution in [-0.2, 0) is 20.8 Å². The molecule has 1 amide bonds. The molecular formula is C12H16N2O6. The predicted octanol–water partition coefficient (Wildman–Crippen LogP) is 0.268. The summed E-state index contributed by atoms with van der Waals surface area (Å²) in [7, 11) is 0. The molecule has 3 N–H and O–H groups in total. The lowest BCUT2D eigenvalue weighted by molar-refractivity contribution is -0.143. The van der Waals surface area contributed by atoms with Crippen LogP contribution in [0.1, 0.15) is 29.9 Å². The molecule has 110 valence electrons. The summed E-state index contributed by atoms with van der Waals surface area (Å²) >= 11 is 0. The molecule has 0 aliphatic heterocycles. The third-order valence-corrected chi connectivity index (χ3v) is 2.80. The second-order valence-electron chi connectivity index (χ2n) is 4.37. The van der Waals surface area contributed by atoms with E-state index in [1.165, 1.54) is 0 Å². The second kappa shape index (κ2) is 6.69. The molecule has 0 saturated carbocycles. The van der Waals surface area contributed by atoms with Crippen molar-refractivity contribution in [3.63, 3.8) is 0 Å². The number of hydrogen-bond acceptors (Lipinski definition) is 5. The Labute approximate surface area is 114 Å². The van der Waals surface area contributed by atoms with Crippen LogP contribution in [0.3, 0.4) is 0 Å². The van der Waals surface area contributed by atoms with E-state index in [1.807, 2.05) is 0 Å². The van der Waals surface area contributed by atoms with Crippen molar-refractivity contribution in [3.05, 3.63) is 17.0 Å². The lowest BCUT2D eigenvalue weighted by atomic mass is 10.1. The van der Waals surface area contributed by atoms with E-state index in [0.717, 1.165) is 0 Å². The van der Waals surface area contributed by atoms with Crippen molar-refractivity contribution in [1.82, 2.24) is 10.5 Å². The molecule has 1 atom stereocenters. The third kappa shape index (κ3) is 4.38. The van der Waals surface area contributed by atoms with Crippen LogP contribution < -0.4 is 5.32 Å². The Morgan fingerprint density at radius 1 is 1.30 bits per heavy atom. The molecule has 8 nitrogen and oxygen atoms in total. The van der Waals surface area contributed by atoms with Gasteiger partial charge in [0.05, 0.1) is 12.1 Å². The average molecular weight is 284 g/mol. The molecule has 0 spiro atoms. The summed E-state index contributed by atoms with van der Waals surface area (Å²) in [5, 5.41) is 23.5. The van der Waals surface area contributed by atoms with Crippen LogP contribution in [0.5, 0.6) is 0 Å². The number of nitrogens with zero attached hydrogens (tertiary/aromatic N) is 1. The highest BCUT2D eigenvalue weighted by molar-refractivity contribution is 5.85. The number of hydrogen-bond donors (Lipinski definition) is 3. The minimum Gasteiger partial charge on any atom is -0.481 e. The monoisotopic (exact) mass is 284 g/mol. The van der Waals surface area contributed by atoms with Crippen LogP contribution in [0.15, 0.2) is 4.52 Å². The number of aromatic nitrogens is 1. The quantitative estimate of drug-likeness (QED) is 0.655. The smallest absolute Gasteiger partial charge is 0.326 e. The highest BCUT2D eigenvalue weighted by Crippen LogP contribution is 2.13. The zero-order valence-electron chi connectivity index (χ0n) is 11.2. The van der Waals surface area contributed by atoms with E-state index < -0.39 is 23.9 Å². The Morgan fingerprint density at radius 3 is 2.40 bits per heavy atom. The van der Waals surface area contributed by atoms with Crippen molar-refractivity contribution in [1.29, 1.82) is 0 Å². The lowest BCUT2D eigenvalue weighted by Crippen LogP contribution is -2.41. The summed E-state index contributed by atoms with van der Waals surface area (Å²) in [5.74, 6) is -2.40. The maximum atomic E-state index is 11.8. The van der Waals surface area contributed by atoms with Crippen LogP contribution in [0.2, 0.25) is 0 Å². The predicted molar refractivity (Wildman–Crippen MR) is 66.1 cm³/mol. The molecule has 0 aliphatic rings. The van der Waals surface area contributed by atoms with Crippen LogP contribution in [0.4, 0.5) is 0 Å². The van der Waals surface area contributed by atoms with Gasteiger partial charge in [-0.3, -0.25) is 9.59 Å². The van der Waals surface area contributed by atoms with E-state index >= 15 is 0 Å². The van der Waals surface area contributed by atoms with E-state index in [2.05, 4.69) is 10.5 Å². The van der Waals surface area contributed by atoms with E-state index in [-0.39, 0.29) is 19.3 Å². The van der Waals surface area contributed by atoms with Crippen LogP contribution in [0.25, 0.3) is 0 Å². The number of rotatable bonds is 7. The van der Waals surface area contributed by atoms with Gasteiger partial charge in [-0.05, 0) is 20.3 Å². The first-order valence-electron chi connectivity index (χ1n) is 5.97. The molecule has 0 saturated heterocycles. The third-order valence-electron chi connectivity index (χ3n) is 2.80. The Morgan fingerprint density at radius 2 is 1.95 bits per heavy atom. The summed E-state index contributed by atoms with van der Waals surface area (Å²) in [6, 6.07) is -1.22. The summed E-state index contributed by atoms with van der Waals surface area (Å²) in [4.78, 5) is 33.2.